The summed E-state index contributed by atoms with van der Waals surface area (Å²) in [5, 5.41) is 4.29. The Hall–Kier alpha value is -1.64. The van der Waals surface area contributed by atoms with E-state index in [1.54, 1.807) is 11.4 Å². The molecule has 0 aliphatic rings. The molecule has 3 heteroatoms. The zero-order valence-electron chi connectivity index (χ0n) is 8.53. The van der Waals surface area contributed by atoms with Crippen molar-refractivity contribution in [1.29, 1.82) is 0 Å². The first-order valence-electron chi connectivity index (χ1n) is 4.56. The molecule has 0 radical (unpaired) electrons. The van der Waals surface area contributed by atoms with Crippen LogP contribution in [-0.2, 0) is 0 Å². The summed E-state index contributed by atoms with van der Waals surface area (Å²) in [6.45, 7) is 5.43. The smallest absolute Gasteiger partial charge is 0.163 e. The zero-order chi connectivity index (χ0) is 10.3. The fourth-order valence-corrected chi connectivity index (χ4v) is 1.80. The van der Waals surface area contributed by atoms with Crippen LogP contribution in [0.25, 0.3) is 5.52 Å². The van der Waals surface area contributed by atoms with Gasteiger partial charge in [0.15, 0.2) is 5.78 Å². The summed E-state index contributed by atoms with van der Waals surface area (Å²) in [6, 6.07) is 3.92. The lowest BCUT2D eigenvalue weighted by Crippen LogP contribution is -1.95. The molecule has 0 spiro atoms. The molecule has 0 saturated heterocycles. The lowest BCUT2D eigenvalue weighted by atomic mass is 10.1. The van der Waals surface area contributed by atoms with Gasteiger partial charge in [-0.25, -0.2) is 4.52 Å². The molecule has 3 nitrogen and oxygen atoms in total. The SMILES string of the molecule is CC(=O)c1c(C)nn2cccc(C)c12. The topological polar surface area (TPSA) is 34.4 Å². The summed E-state index contributed by atoms with van der Waals surface area (Å²) in [4.78, 5) is 11.4. The van der Waals surface area contributed by atoms with Gasteiger partial charge >= 0.3 is 0 Å². The van der Waals surface area contributed by atoms with Crippen molar-refractivity contribution < 1.29 is 4.79 Å². The number of fused-ring (bicyclic) bond motifs is 1. The van der Waals surface area contributed by atoms with Crippen LogP contribution in [0.1, 0.15) is 28.5 Å². The maximum absolute atomic E-state index is 11.4. The number of pyridine rings is 1. The van der Waals surface area contributed by atoms with Crippen LogP contribution in [-0.4, -0.2) is 15.4 Å². The summed E-state index contributed by atoms with van der Waals surface area (Å²) in [5.41, 5.74) is 3.55. The Kier molecular flexibility index (Phi) is 1.88. The number of nitrogens with zero attached hydrogens (tertiary/aromatic N) is 2. The second kappa shape index (κ2) is 2.94. The third-order valence-corrected chi connectivity index (χ3v) is 2.38. The van der Waals surface area contributed by atoms with Gasteiger partial charge in [-0.05, 0) is 32.4 Å². The van der Waals surface area contributed by atoms with Crippen LogP contribution in [0.5, 0.6) is 0 Å². The first-order valence-corrected chi connectivity index (χ1v) is 4.56. The normalized spacial score (nSPS) is 10.8. The van der Waals surface area contributed by atoms with Crippen molar-refractivity contribution in [2.45, 2.75) is 20.8 Å². The Morgan fingerprint density at radius 3 is 2.79 bits per heavy atom. The first kappa shape index (κ1) is 8.94. The second-order valence-corrected chi connectivity index (χ2v) is 3.50. The number of aromatic nitrogens is 2. The van der Waals surface area contributed by atoms with Gasteiger partial charge in [-0.15, -0.1) is 0 Å². The highest BCUT2D eigenvalue weighted by Gasteiger charge is 2.14. The number of carbonyl (C=O) groups is 1. The van der Waals surface area contributed by atoms with Gasteiger partial charge in [-0.3, -0.25) is 4.79 Å². The molecule has 14 heavy (non-hydrogen) atoms. The van der Waals surface area contributed by atoms with E-state index in [1.807, 2.05) is 32.2 Å². The third-order valence-electron chi connectivity index (χ3n) is 2.38. The molecule has 2 aromatic rings. The van der Waals surface area contributed by atoms with E-state index >= 15 is 0 Å². The van der Waals surface area contributed by atoms with Crippen LogP contribution >= 0.6 is 0 Å². The van der Waals surface area contributed by atoms with Gasteiger partial charge in [0.2, 0.25) is 0 Å². The van der Waals surface area contributed by atoms with E-state index in [4.69, 9.17) is 0 Å². The highest BCUT2D eigenvalue weighted by atomic mass is 16.1. The molecule has 0 amide bonds. The number of hydrogen-bond donors (Lipinski definition) is 0. The van der Waals surface area contributed by atoms with Crippen LogP contribution < -0.4 is 0 Å². The van der Waals surface area contributed by atoms with Gasteiger partial charge in [0.05, 0.1) is 16.8 Å². The predicted octanol–water partition coefficient (Wildman–Crippen LogP) is 2.15. The lowest BCUT2D eigenvalue weighted by molar-refractivity contribution is 0.101. The Labute approximate surface area is 82.4 Å². The van der Waals surface area contributed by atoms with Crippen molar-refractivity contribution >= 4 is 11.3 Å². The van der Waals surface area contributed by atoms with Gasteiger partial charge in [0.25, 0.3) is 0 Å². The predicted molar refractivity (Wildman–Crippen MR) is 54.7 cm³/mol. The molecule has 0 aliphatic heterocycles. The fraction of sp³-hybridized carbons (Fsp3) is 0.273. The van der Waals surface area contributed by atoms with Crippen LogP contribution in [0.15, 0.2) is 18.3 Å². The molecule has 0 aromatic carbocycles. The number of ketones is 1. The summed E-state index contributed by atoms with van der Waals surface area (Å²) < 4.78 is 1.77. The Balaban J connectivity index is 2.93. The van der Waals surface area contributed by atoms with E-state index in [1.165, 1.54) is 0 Å². The summed E-state index contributed by atoms with van der Waals surface area (Å²) in [5.74, 6) is 0.0757. The molecule has 2 rings (SSSR count). The van der Waals surface area contributed by atoms with Gasteiger partial charge in [-0.2, -0.15) is 5.10 Å². The molecule has 0 bridgehead atoms. The van der Waals surface area contributed by atoms with E-state index in [0.29, 0.717) is 0 Å². The average molecular weight is 188 g/mol. The molecule has 0 aliphatic carbocycles. The molecular formula is C11H12N2O. The van der Waals surface area contributed by atoms with Crippen LogP contribution in [0, 0.1) is 13.8 Å². The number of Topliss-reactive ketones (excluding diaryl/α,β-unsaturated/α-hetero) is 1. The number of rotatable bonds is 1. The minimum absolute atomic E-state index is 0.0757. The molecule has 0 saturated carbocycles. The first-order chi connectivity index (χ1) is 6.61. The molecule has 0 N–H and O–H groups in total. The third kappa shape index (κ3) is 1.13. The van der Waals surface area contributed by atoms with E-state index in [0.717, 1.165) is 22.3 Å². The zero-order valence-corrected chi connectivity index (χ0v) is 8.53. The van der Waals surface area contributed by atoms with Gasteiger partial charge in [0.1, 0.15) is 0 Å². The van der Waals surface area contributed by atoms with E-state index < -0.39 is 0 Å². The summed E-state index contributed by atoms with van der Waals surface area (Å²) >= 11 is 0. The molecule has 2 heterocycles. The van der Waals surface area contributed by atoms with Crippen molar-refractivity contribution in [2.24, 2.45) is 0 Å². The standard InChI is InChI=1S/C11H12N2O/c1-7-5-4-6-13-11(7)10(9(3)14)8(2)12-13/h4-6H,1-3H3. The van der Waals surface area contributed by atoms with Crippen LogP contribution in [0.3, 0.4) is 0 Å². The van der Waals surface area contributed by atoms with Crippen LogP contribution in [0.2, 0.25) is 0 Å². The highest BCUT2D eigenvalue weighted by Crippen LogP contribution is 2.19. The molecule has 0 unspecified atom stereocenters. The van der Waals surface area contributed by atoms with Gasteiger partial charge in [0, 0.05) is 6.20 Å². The highest BCUT2D eigenvalue weighted by molar-refractivity contribution is 6.02. The second-order valence-electron chi connectivity index (χ2n) is 3.50. The monoisotopic (exact) mass is 188 g/mol. The van der Waals surface area contributed by atoms with Crippen molar-refractivity contribution in [3.8, 4) is 0 Å². The minimum atomic E-state index is 0.0757. The van der Waals surface area contributed by atoms with Gasteiger partial charge < -0.3 is 0 Å². The van der Waals surface area contributed by atoms with E-state index in [2.05, 4.69) is 5.10 Å². The Morgan fingerprint density at radius 2 is 2.14 bits per heavy atom. The van der Waals surface area contributed by atoms with Crippen molar-refractivity contribution in [2.75, 3.05) is 0 Å². The molecule has 2 aromatic heterocycles. The molecule has 0 atom stereocenters. The maximum atomic E-state index is 11.4. The Morgan fingerprint density at radius 1 is 1.43 bits per heavy atom. The average Bonchev–Trinajstić information content (AvgIpc) is 2.42. The minimum Gasteiger partial charge on any atom is -0.294 e. The molecule has 0 fully saturated rings. The lowest BCUT2D eigenvalue weighted by Gasteiger charge is -1.98. The quantitative estimate of drug-likeness (QED) is 0.642. The van der Waals surface area contributed by atoms with Crippen molar-refractivity contribution in [1.82, 2.24) is 9.61 Å². The van der Waals surface area contributed by atoms with Crippen molar-refractivity contribution in [3.05, 3.63) is 35.2 Å². The number of hydrogen-bond acceptors (Lipinski definition) is 2. The van der Waals surface area contributed by atoms with E-state index in [9.17, 15) is 4.79 Å². The summed E-state index contributed by atoms with van der Waals surface area (Å²) in [6.07, 6.45) is 1.86. The van der Waals surface area contributed by atoms with Crippen LogP contribution in [0.4, 0.5) is 0 Å². The maximum Gasteiger partial charge on any atom is 0.163 e. The van der Waals surface area contributed by atoms with Crippen molar-refractivity contribution in [3.63, 3.8) is 0 Å². The Bertz CT molecular complexity index is 511. The van der Waals surface area contributed by atoms with Gasteiger partial charge in [-0.1, -0.05) is 6.07 Å². The fourth-order valence-electron chi connectivity index (χ4n) is 1.80. The molecular weight excluding hydrogens is 176 g/mol. The summed E-state index contributed by atoms with van der Waals surface area (Å²) in [7, 11) is 0. The number of aryl methyl sites for hydroxylation is 2. The largest absolute Gasteiger partial charge is 0.294 e. The molecule has 72 valence electrons. The number of carbonyl (C=O) groups excluding carboxylic acids is 1. The van der Waals surface area contributed by atoms with E-state index in [-0.39, 0.29) is 5.78 Å².